The van der Waals surface area contributed by atoms with E-state index in [2.05, 4.69) is 70.2 Å². The second-order valence-electron chi connectivity index (χ2n) is 8.10. The molecule has 31 heavy (non-hydrogen) atoms. The Kier molecular flexibility index (Phi) is 5.17. The van der Waals surface area contributed by atoms with Crippen molar-refractivity contribution >= 4 is 45.1 Å². The zero-order chi connectivity index (χ0) is 20.8. The van der Waals surface area contributed by atoms with Gasteiger partial charge in [0.05, 0.1) is 11.4 Å². The molecule has 0 N–H and O–H groups in total. The van der Waals surface area contributed by atoms with E-state index in [4.69, 9.17) is 0 Å². The molecule has 3 nitrogen and oxygen atoms in total. The molecule has 6 rings (SSSR count). The minimum Gasteiger partial charge on any atom is -0.303 e. The van der Waals surface area contributed by atoms with Crippen LogP contribution in [0.15, 0.2) is 75.5 Å². The van der Waals surface area contributed by atoms with Crippen LogP contribution in [0.1, 0.15) is 34.9 Å². The summed E-state index contributed by atoms with van der Waals surface area (Å²) in [5.74, 6) is 0.933. The average molecular weight is 463 g/mol. The monoisotopic (exact) mass is 462 g/mol. The number of benzene rings is 2. The maximum absolute atomic E-state index is 13.1. The molecule has 0 amide bonds. The van der Waals surface area contributed by atoms with E-state index in [1.54, 1.807) is 11.8 Å². The molecule has 6 heteroatoms. The van der Waals surface area contributed by atoms with Gasteiger partial charge in [0.25, 0.3) is 5.56 Å². The van der Waals surface area contributed by atoms with Crippen molar-refractivity contribution < 1.29 is 0 Å². The average Bonchev–Trinajstić information content (AvgIpc) is 3.21. The van der Waals surface area contributed by atoms with Crippen LogP contribution in [0.5, 0.6) is 0 Å². The van der Waals surface area contributed by atoms with Gasteiger partial charge in [-0.3, -0.25) is 4.79 Å². The molecule has 2 atom stereocenters. The summed E-state index contributed by atoms with van der Waals surface area (Å²) in [6.45, 7) is 0. The summed E-state index contributed by atoms with van der Waals surface area (Å²) in [5, 5.41) is 2.11. The fourth-order valence-corrected chi connectivity index (χ4v) is 8.78. The third-order valence-electron chi connectivity index (χ3n) is 6.17. The largest absolute Gasteiger partial charge is 0.303 e. The number of hydrogen-bond acceptors (Lipinski definition) is 5. The molecule has 1 aliphatic heterocycles. The maximum atomic E-state index is 13.1. The van der Waals surface area contributed by atoms with Crippen LogP contribution < -0.4 is 5.56 Å². The van der Waals surface area contributed by atoms with Crippen molar-refractivity contribution in [1.82, 2.24) is 9.55 Å². The van der Waals surface area contributed by atoms with Crippen LogP contribution in [0.25, 0.3) is 10.2 Å². The van der Waals surface area contributed by atoms with E-state index in [1.165, 1.54) is 33.7 Å². The third-order valence-corrected chi connectivity index (χ3v) is 10.0. The Morgan fingerprint density at radius 2 is 1.71 bits per heavy atom. The van der Waals surface area contributed by atoms with E-state index in [9.17, 15) is 4.79 Å². The van der Waals surface area contributed by atoms with Crippen molar-refractivity contribution in [3.63, 3.8) is 0 Å². The Balaban J connectivity index is 1.57. The van der Waals surface area contributed by atoms with Crippen LogP contribution in [0, 0.1) is 0 Å². The van der Waals surface area contributed by atoms with Gasteiger partial charge < -0.3 is 4.57 Å². The number of thioether (sulfide) groups is 2. The summed E-state index contributed by atoms with van der Waals surface area (Å²) in [6, 6.07) is 21.6. The highest BCUT2D eigenvalue weighted by molar-refractivity contribution is 8.03. The Morgan fingerprint density at radius 1 is 0.968 bits per heavy atom. The first-order valence-electron chi connectivity index (χ1n) is 10.8. The molecule has 2 aromatic heterocycles. The summed E-state index contributed by atoms with van der Waals surface area (Å²) in [5.41, 5.74) is 2.53. The summed E-state index contributed by atoms with van der Waals surface area (Å²) in [7, 11) is 0. The van der Waals surface area contributed by atoms with Crippen LogP contribution in [0.4, 0.5) is 0 Å². The van der Waals surface area contributed by atoms with Gasteiger partial charge in [-0.05, 0) is 48.9 Å². The van der Waals surface area contributed by atoms with Crippen molar-refractivity contribution in [2.75, 3.05) is 5.75 Å². The number of thiophene rings is 1. The van der Waals surface area contributed by atoms with Crippen molar-refractivity contribution in [2.45, 2.75) is 47.0 Å². The molecule has 0 saturated heterocycles. The SMILES string of the molecule is O=c1nc2n(c3sc4c(c13)CCCC4)[C@@H](c1ccccc1)[C@H](Sc1ccccc1)CS2. The Hall–Kier alpha value is -2.02. The summed E-state index contributed by atoms with van der Waals surface area (Å²) in [6.07, 6.45) is 4.49. The number of hydrogen-bond donors (Lipinski definition) is 0. The zero-order valence-electron chi connectivity index (χ0n) is 17.0. The second kappa shape index (κ2) is 8.15. The predicted octanol–water partition coefficient (Wildman–Crippen LogP) is 6.19. The van der Waals surface area contributed by atoms with E-state index in [-0.39, 0.29) is 11.6 Å². The molecule has 0 radical (unpaired) electrons. The van der Waals surface area contributed by atoms with Crippen LogP contribution in [-0.2, 0) is 12.8 Å². The van der Waals surface area contributed by atoms with Gasteiger partial charge in [0.1, 0.15) is 4.83 Å². The summed E-state index contributed by atoms with van der Waals surface area (Å²) < 4.78 is 2.39. The molecule has 0 spiro atoms. The fourth-order valence-electron chi connectivity index (χ4n) is 4.77. The molecule has 2 aromatic carbocycles. The summed E-state index contributed by atoms with van der Waals surface area (Å²) >= 11 is 5.50. The Bertz CT molecular complexity index is 1300. The molecule has 156 valence electrons. The normalized spacial score (nSPS) is 20.4. The zero-order valence-corrected chi connectivity index (χ0v) is 19.4. The Morgan fingerprint density at radius 3 is 2.52 bits per heavy atom. The predicted molar refractivity (Wildman–Crippen MR) is 132 cm³/mol. The van der Waals surface area contributed by atoms with Gasteiger partial charge in [0.2, 0.25) is 0 Å². The van der Waals surface area contributed by atoms with Crippen LogP contribution in [0.2, 0.25) is 0 Å². The lowest BCUT2D eigenvalue weighted by atomic mass is 9.97. The molecule has 1 aliphatic carbocycles. The maximum Gasteiger partial charge on any atom is 0.282 e. The minimum absolute atomic E-state index is 0.0332. The van der Waals surface area contributed by atoms with E-state index in [0.29, 0.717) is 5.25 Å². The molecule has 0 fully saturated rings. The van der Waals surface area contributed by atoms with Gasteiger partial charge >= 0.3 is 0 Å². The van der Waals surface area contributed by atoms with E-state index in [1.807, 2.05) is 23.1 Å². The van der Waals surface area contributed by atoms with E-state index < -0.39 is 0 Å². The lowest BCUT2D eigenvalue weighted by Gasteiger charge is -2.35. The molecular weight excluding hydrogens is 440 g/mol. The highest BCUT2D eigenvalue weighted by Gasteiger charge is 2.35. The molecule has 0 bridgehead atoms. The molecular formula is C25H22N2OS3. The van der Waals surface area contributed by atoms with Crippen LogP contribution in [-0.4, -0.2) is 20.6 Å². The number of nitrogens with zero attached hydrogens (tertiary/aromatic N) is 2. The van der Waals surface area contributed by atoms with Gasteiger partial charge in [-0.15, -0.1) is 23.1 Å². The van der Waals surface area contributed by atoms with Gasteiger partial charge in [-0.2, -0.15) is 4.98 Å². The second-order valence-corrected chi connectivity index (χ2v) is 11.5. The number of aryl methyl sites for hydroxylation is 2. The highest BCUT2D eigenvalue weighted by atomic mass is 32.2. The number of fused-ring (bicyclic) bond motifs is 5. The lowest BCUT2D eigenvalue weighted by Crippen LogP contribution is -2.32. The van der Waals surface area contributed by atoms with Gasteiger partial charge in [0.15, 0.2) is 5.16 Å². The topological polar surface area (TPSA) is 34.9 Å². The van der Waals surface area contributed by atoms with E-state index in [0.717, 1.165) is 34.0 Å². The smallest absolute Gasteiger partial charge is 0.282 e. The minimum atomic E-state index is -0.0332. The van der Waals surface area contributed by atoms with Crippen molar-refractivity contribution in [3.05, 3.63) is 87.0 Å². The number of aromatic nitrogens is 2. The highest BCUT2D eigenvalue weighted by Crippen LogP contribution is 2.46. The standard InChI is InChI=1S/C25H22N2OS3/c28-23-21-18-13-7-8-14-19(18)31-24(21)27-22(16-9-3-1-4-10-16)20(15-29-25(27)26-23)30-17-11-5-2-6-12-17/h1-6,9-12,20,22H,7-8,13-15H2/t20-,22+/m1/s1. The summed E-state index contributed by atoms with van der Waals surface area (Å²) in [4.78, 5) is 21.5. The van der Waals surface area contributed by atoms with E-state index >= 15 is 0 Å². The lowest BCUT2D eigenvalue weighted by molar-refractivity contribution is 0.526. The van der Waals surface area contributed by atoms with Gasteiger partial charge in [-0.1, -0.05) is 60.3 Å². The van der Waals surface area contributed by atoms with Gasteiger partial charge in [0, 0.05) is 20.8 Å². The molecule has 2 aliphatic rings. The fraction of sp³-hybridized carbons (Fsp3) is 0.280. The van der Waals surface area contributed by atoms with Gasteiger partial charge in [-0.25, -0.2) is 0 Å². The molecule has 4 aromatic rings. The molecule has 3 heterocycles. The first-order chi connectivity index (χ1) is 15.3. The van der Waals surface area contributed by atoms with Crippen molar-refractivity contribution in [1.29, 1.82) is 0 Å². The Labute approximate surface area is 193 Å². The quantitative estimate of drug-likeness (QED) is 0.340. The van der Waals surface area contributed by atoms with Crippen LogP contribution in [0.3, 0.4) is 0 Å². The van der Waals surface area contributed by atoms with Crippen molar-refractivity contribution in [3.8, 4) is 0 Å². The first kappa shape index (κ1) is 19.6. The third kappa shape index (κ3) is 3.45. The number of rotatable bonds is 3. The molecule has 0 unspecified atom stereocenters. The molecule has 0 saturated carbocycles. The first-order valence-corrected chi connectivity index (χ1v) is 13.4. The van der Waals surface area contributed by atoms with Crippen molar-refractivity contribution in [2.24, 2.45) is 0 Å². The van der Waals surface area contributed by atoms with Crippen LogP contribution >= 0.6 is 34.9 Å².